The van der Waals surface area contributed by atoms with Crippen LogP contribution in [0.2, 0.25) is 0 Å². The van der Waals surface area contributed by atoms with E-state index in [9.17, 15) is 10.0 Å². The Morgan fingerprint density at radius 2 is 2.50 bits per heavy atom. The fourth-order valence-corrected chi connectivity index (χ4v) is 0.282. The lowest BCUT2D eigenvalue weighted by Gasteiger charge is -2.28. The molecule has 0 spiro atoms. The van der Waals surface area contributed by atoms with Crippen LogP contribution in [0.3, 0.4) is 0 Å². The van der Waals surface area contributed by atoms with E-state index in [0.717, 1.165) is 0 Å². The van der Waals surface area contributed by atoms with Gasteiger partial charge in [-0.1, -0.05) is 0 Å². The molecule has 0 aliphatic rings. The molecule has 12 heavy (non-hydrogen) atoms. The Morgan fingerprint density at radius 3 is 2.92 bits per heavy atom. The number of hydrogen-bond donors (Lipinski definition) is 1. The SMILES string of the molecule is C=NC(=O)OCON([O-])C(C)O. The van der Waals surface area contributed by atoms with E-state index < -0.39 is 19.1 Å². The molecule has 0 bridgehead atoms. The molecule has 0 rings (SSSR count). The predicted octanol–water partition coefficient (Wildman–Crippen LogP) is -0.149. The normalized spacial score (nSPS) is 12.7. The van der Waals surface area contributed by atoms with Gasteiger partial charge < -0.3 is 15.1 Å². The molecule has 0 fully saturated rings. The van der Waals surface area contributed by atoms with E-state index in [-0.39, 0.29) is 5.23 Å². The Kier molecular flexibility index (Phi) is 5.13. The average molecular weight is 177 g/mol. The van der Waals surface area contributed by atoms with Crippen LogP contribution >= 0.6 is 0 Å². The summed E-state index contributed by atoms with van der Waals surface area (Å²) in [4.78, 5) is 17.3. The minimum absolute atomic E-state index is 0.115. The summed E-state index contributed by atoms with van der Waals surface area (Å²) in [5.41, 5.74) is 0. The van der Waals surface area contributed by atoms with E-state index in [1.165, 1.54) is 6.92 Å². The van der Waals surface area contributed by atoms with E-state index in [2.05, 4.69) is 21.3 Å². The highest BCUT2D eigenvalue weighted by molar-refractivity contribution is 5.72. The molecule has 0 saturated heterocycles. The number of hydroxylamine groups is 2. The van der Waals surface area contributed by atoms with Crippen molar-refractivity contribution in [3.63, 3.8) is 0 Å². The van der Waals surface area contributed by atoms with Crippen LogP contribution < -0.4 is 0 Å². The van der Waals surface area contributed by atoms with Gasteiger partial charge in [-0.3, -0.25) is 4.84 Å². The number of aliphatic imine (C=N–C) groups is 1. The quantitative estimate of drug-likeness (QED) is 0.364. The maximum atomic E-state index is 10.4. The minimum atomic E-state index is -1.32. The summed E-state index contributed by atoms with van der Waals surface area (Å²) in [5.74, 6) is 0. The predicted molar refractivity (Wildman–Crippen MR) is 38.9 cm³/mol. The van der Waals surface area contributed by atoms with E-state index in [1.807, 2.05) is 0 Å². The fourth-order valence-electron chi connectivity index (χ4n) is 0.282. The highest BCUT2D eigenvalue weighted by Crippen LogP contribution is 1.93. The zero-order chi connectivity index (χ0) is 9.56. The van der Waals surface area contributed by atoms with E-state index >= 15 is 0 Å². The molecule has 7 nitrogen and oxygen atoms in total. The highest BCUT2D eigenvalue weighted by atomic mass is 16.9. The maximum Gasteiger partial charge on any atom is 0.435 e. The standard InChI is InChI=1S/C5H9N2O5/c1-4(8)7(10)12-3-11-5(9)6-2/h4,8H,2-3H2,1H3/q-1. The van der Waals surface area contributed by atoms with Crippen molar-refractivity contribution >= 4 is 12.8 Å². The summed E-state index contributed by atoms with van der Waals surface area (Å²) in [6, 6.07) is 0. The zero-order valence-electron chi connectivity index (χ0n) is 6.47. The van der Waals surface area contributed by atoms with Gasteiger partial charge in [0, 0.05) is 0 Å². The highest BCUT2D eigenvalue weighted by Gasteiger charge is 2.00. The van der Waals surface area contributed by atoms with Crippen LogP contribution in [0, 0.1) is 5.21 Å². The molecule has 1 N–H and O–H groups in total. The summed E-state index contributed by atoms with van der Waals surface area (Å²) >= 11 is 0. The number of ether oxygens (including phenoxy) is 1. The third-order valence-electron chi connectivity index (χ3n) is 0.797. The van der Waals surface area contributed by atoms with Gasteiger partial charge in [0.25, 0.3) is 0 Å². The Bertz CT molecular complexity index is 160. The fraction of sp³-hybridized carbons (Fsp3) is 0.600. The van der Waals surface area contributed by atoms with Crippen molar-refractivity contribution in [1.29, 1.82) is 0 Å². The zero-order valence-corrected chi connectivity index (χ0v) is 6.47. The van der Waals surface area contributed by atoms with Gasteiger partial charge in [0.2, 0.25) is 6.79 Å². The summed E-state index contributed by atoms with van der Waals surface area (Å²) in [6.07, 6.45) is -2.27. The van der Waals surface area contributed by atoms with Gasteiger partial charge >= 0.3 is 6.09 Å². The van der Waals surface area contributed by atoms with Gasteiger partial charge in [0.15, 0.2) is 0 Å². The van der Waals surface area contributed by atoms with Crippen molar-refractivity contribution in [2.75, 3.05) is 6.79 Å². The molecule has 1 atom stereocenters. The molecule has 0 aliphatic heterocycles. The van der Waals surface area contributed by atoms with Crippen LogP contribution in [0.5, 0.6) is 0 Å². The lowest BCUT2D eigenvalue weighted by Crippen LogP contribution is -2.28. The van der Waals surface area contributed by atoms with Crippen LogP contribution in [0.4, 0.5) is 4.79 Å². The van der Waals surface area contributed by atoms with E-state index in [1.54, 1.807) is 0 Å². The Labute approximate surface area is 68.7 Å². The molecular formula is C5H9N2O5-. The van der Waals surface area contributed by atoms with Gasteiger partial charge in [0.05, 0.1) is 0 Å². The molecule has 0 aromatic carbocycles. The van der Waals surface area contributed by atoms with Crippen molar-refractivity contribution in [1.82, 2.24) is 5.23 Å². The van der Waals surface area contributed by atoms with Crippen molar-refractivity contribution in [2.24, 2.45) is 4.99 Å². The summed E-state index contributed by atoms with van der Waals surface area (Å²) in [5, 5.41) is 18.9. The van der Waals surface area contributed by atoms with Gasteiger partial charge in [0.1, 0.15) is 6.23 Å². The molecule has 7 heteroatoms. The molecule has 0 saturated carbocycles. The molecule has 0 radical (unpaired) electrons. The summed E-state index contributed by atoms with van der Waals surface area (Å²) < 4.78 is 4.17. The largest absolute Gasteiger partial charge is 0.760 e. The second-order valence-corrected chi connectivity index (χ2v) is 1.73. The topological polar surface area (TPSA) is 94.4 Å². The Balaban J connectivity index is 3.43. The van der Waals surface area contributed by atoms with Crippen molar-refractivity contribution < 1.29 is 19.5 Å². The Hall–Kier alpha value is -1.02. The van der Waals surface area contributed by atoms with Crippen LogP contribution in [0.15, 0.2) is 4.99 Å². The first-order chi connectivity index (χ1) is 5.57. The first-order valence-corrected chi connectivity index (χ1v) is 2.98. The van der Waals surface area contributed by atoms with E-state index in [4.69, 9.17) is 5.11 Å². The molecule has 0 aromatic heterocycles. The lowest BCUT2D eigenvalue weighted by atomic mass is 10.7. The molecule has 1 unspecified atom stereocenters. The van der Waals surface area contributed by atoms with Crippen LogP contribution in [0.25, 0.3) is 0 Å². The number of rotatable bonds is 4. The van der Waals surface area contributed by atoms with Gasteiger partial charge in [-0.25, -0.2) is 10.0 Å². The van der Waals surface area contributed by atoms with Crippen molar-refractivity contribution in [3.8, 4) is 0 Å². The Morgan fingerprint density at radius 1 is 1.92 bits per heavy atom. The second-order valence-electron chi connectivity index (χ2n) is 1.73. The monoisotopic (exact) mass is 177 g/mol. The first kappa shape index (κ1) is 11.0. The number of amides is 1. The average Bonchev–Trinajstić information content (AvgIpc) is 2.03. The molecule has 0 aliphatic carbocycles. The number of aliphatic hydroxyl groups excluding tert-OH is 1. The molecular weight excluding hydrogens is 168 g/mol. The number of aliphatic hydroxyl groups is 1. The summed E-state index contributed by atoms with van der Waals surface area (Å²) in [7, 11) is 0. The molecule has 70 valence electrons. The third kappa shape index (κ3) is 4.74. The number of carbonyl (C=O) groups is 1. The van der Waals surface area contributed by atoms with E-state index in [0.29, 0.717) is 0 Å². The van der Waals surface area contributed by atoms with Crippen molar-refractivity contribution in [2.45, 2.75) is 13.2 Å². The van der Waals surface area contributed by atoms with Crippen LogP contribution in [-0.2, 0) is 9.57 Å². The summed E-state index contributed by atoms with van der Waals surface area (Å²) in [6.45, 7) is 3.46. The van der Waals surface area contributed by atoms with Gasteiger partial charge in [-0.2, -0.15) is 4.99 Å². The van der Waals surface area contributed by atoms with Gasteiger partial charge in [-0.15, -0.1) is 0 Å². The van der Waals surface area contributed by atoms with Gasteiger partial charge in [-0.05, 0) is 13.6 Å². The third-order valence-corrected chi connectivity index (χ3v) is 0.797. The molecule has 0 aromatic rings. The van der Waals surface area contributed by atoms with Crippen LogP contribution in [0.1, 0.15) is 6.92 Å². The minimum Gasteiger partial charge on any atom is -0.760 e. The van der Waals surface area contributed by atoms with Crippen molar-refractivity contribution in [3.05, 3.63) is 5.21 Å². The molecule has 1 amide bonds. The maximum absolute atomic E-state index is 10.4. The number of carbonyl (C=O) groups excluding carboxylic acids is 1. The molecule has 0 heterocycles. The first-order valence-electron chi connectivity index (χ1n) is 2.98. The number of hydrogen-bond acceptors (Lipinski definition) is 6. The number of nitrogens with zero attached hydrogens (tertiary/aromatic N) is 2. The smallest absolute Gasteiger partial charge is 0.435 e. The second kappa shape index (κ2) is 5.61. The van der Waals surface area contributed by atoms with Crippen LogP contribution in [-0.4, -0.2) is 36.2 Å². The lowest BCUT2D eigenvalue weighted by molar-refractivity contribution is -0.236.